The van der Waals surface area contributed by atoms with Crippen LogP contribution in [-0.4, -0.2) is 0 Å². The van der Waals surface area contributed by atoms with Gasteiger partial charge in [0, 0.05) is 0 Å². The van der Waals surface area contributed by atoms with E-state index in [0.717, 1.165) is 0 Å². The molecule has 0 aliphatic heterocycles. The van der Waals surface area contributed by atoms with Crippen LogP contribution in [0.2, 0.25) is 0 Å². The summed E-state index contributed by atoms with van der Waals surface area (Å²) in [5.41, 5.74) is 0. The molecule has 0 nitrogen and oxygen atoms in total. The quantitative estimate of drug-likeness (QED) is 0.538. The van der Waals surface area contributed by atoms with Crippen molar-refractivity contribution in [1.82, 2.24) is 0 Å². The van der Waals surface area contributed by atoms with Gasteiger partial charge in [-0.15, -0.1) is 0 Å². The lowest BCUT2D eigenvalue weighted by Crippen LogP contribution is -2.40. The van der Waals surface area contributed by atoms with Gasteiger partial charge in [0.15, 0.2) is 0 Å². The molecule has 0 N–H and O–H groups in total. The molecule has 11 heavy (non-hydrogen) atoms. The molecule has 0 spiro atoms. The van der Waals surface area contributed by atoms with Crippen LogP contribution in [-0.2, 0) is 0 Å². The maximum absolute atomic E-state index is 1.62. The van der Waals surface area contributed by atoms with Crippen LogP contribution < -0.4 is 0 Å². The van der Waals surface area contributed by atoms with Crippen molar-refractivity contribution < 1.29 is 0 Å². The Morgan fingerprint density at radius 3 is 2.00 bits per heavy atom. The Morgan fingerprint density at radius 2 is 1.36 bits per heavy atom. The number of fused-ring (bicyclic) bond motifs is 1. The monoisotopic (exact) mass is 150 g/mol. The van der Waals surface area contributed by atoms with Crippen LogP contribution in [0.4, 0.5) is 0 Å². The molecule has 3 aliphatic carbocycles. The van der Waals surface area contributed by atoms with E-state index in [9.17, 15) is 0 Å². The van der Waals surface area contributed by atoms with Gasteiger partial charge in [-0.05, 0) is 36.5 Å². The first-order valence-electron chi connectivity index (χ1n) is 5.45. The van der Waals surface area contributed by atoms with Crippen LogP contribution in [0.25, 0.3) is 0 Å². The van der Waals surface area contributed by atoms with Crippen LogP contribution >= 0.6 is 0 Å². The summed E-state index contributed by atoms with van der Waals surface area (Å²) in [6.07, 6.45) is 11.0. The van der Waals surface area contributed by atoms with Crippen molar-refractivity contribution in [3.8, 4) is 0 Å². The molecule has 0 aromatic rings. The Bertz CT molecular complexity index is 157. The van der Waals surface area contributed by atoms with Crippen molar-refractivity contribution in [2.45, 2.75) is 44.9 Å². The van der Waals surface area contributed by atoms with E-state index in [2.05, 4.69) is 0 Å². The molecule has 0 saturated heterocycles. The second-order valence-corrected chi connectivity index (χ2v) is 4.95. The molecule has 0 bridgehead atoms. The molecule has 3 aliphatic rings. The van der Waals surface area contributed by atoms with Gasteiger partial charge in [-0.1, -0.05) is 32.1 Å². The van der Waals surface area contributed by atoms with Gasteiger partial charge >= 0.3 is 0 Å². The summed E-state index contributed by atoms with van der Waals surface area (Å²) < 4.78 is 0. The maximum Gasteiger partial charge on any atom is -0.0352 e. The van der Waals surface area contributed by atoms with E-state index in [-0.39, 0.29) is 0 Å². The Hall–Kier alpha value is 0. The fourth-order valence-corrected chi connectivity index (χ4v) is 3.66. The third-order valence-corrected chi connectivity index (χ3v) is 4.60. The molecule has 0 aromatic heterocycles. The second-order valence-electron chi connectivity index (χ2n) is 4.95. The lowest BCUT2D eigenvalue weighted by atomic mass is 9.57. The van der Waals surface area contributed by atoms with Gasteiger partial charge in [0.25, 0.3) is 0 Å². The van der Waals surface area contributed by atoms with E-state index in [1.807, 2.05) is 0 Å². The largest absolute Gasteiger partial charge is 0.0528 e. The molecule has 3 saturated carbocycles. The topological polar surface area (TPSA) is 0 Å². The smallest absolute Gasteiger partial charge is 0.0352 e. The molecule has 3 rings (SSSR count). The summed E-state index contributed by atoms with van der Waals surface area (Å²) in [6, 6.07) is 0. The molecule has 3 atom stereocenters. The Balaban J connectivity index is 1.64. The summed E-state index contributed by atoms with van der Waals surface area (Å²) >= 11 is 0. The van der Waals surface area contributed by atoms with Gasteiger partial charge < -0.3 is 0 Å². The van der Waals surface area contributed by atoms with Crippen LogP contribution in [0.3, 0.4) is 0 Å². The van der Waals surface area contributed by atoms with Crippen molar-refractivity contribution in [3.05, 3.63) is 0 Å². The van der Waals surface area contributed by atoms with Crippen molar-refractivity contribution in [2.75, 3.05) is 0 Å². The predicted octanol–water partition coefficient (Wildman–Crippen LogP) is 3.22. The lowest BCUT2D eigenvalue weighted by Gasteiger charge is -2.48. The van der Waals surface area contributed by atoms with Crippen LogP contribution in [0.5, 0.6) is 0 Å². The van der Waals surface area contributed by atoms with E-state index in [1.165, 1.54) is 23.7 Å². The van der Waals surface area contributed by atoms with E-state index < -0.39 is 0 Å². The highest BCUT2D eigenvalue weighted by atomic mass is 14.5. The summed E-state index contributed by atoms with van der Waals surface area (Å²) in [5, 5.41) is 0. The zero-order valence-electron chi connectivity index (χ0n) is 7.26. The molecular weight excluding hydrogens is 132 g/mol. The summed E-state index contributed by atoms with van der Waals surface area (Å²) in [5.74, 6) is 4.80. The Labute approximate surface area is 69.4 Å². The average Bonchev–Trinajstić information content (AvgIpc) is 2.21. The first-order chi connectivity index (χ1) is 5.45. The SMILES string of the molecule is C1CC([C@@H]2CC3CCCC32)C1. The molecule has 3 fully saturated rings. The van der Waals surface area contributed by atoms with Gasteiger partial charge in [-0.2, -0.15) is 0 Å². The molecule has 0 amide bonds. The van der Waals surface area contributed by atoms with Gasteiger partial charge in [-0.3, -0.25) is 0 Å². The van der Waals surface area contributed by atoms with Gasteiger partial charge in [0.05, 0.1) is 0 Å². The van der Waals surface area contributed by atoms with Gasteiger partial charge in [0.2, 0.25) is 0 Å². The Kier molecular flexibility index (Phi) is 1.33. The van der Waals surface area contributed by atoms with Crippen molar-refractivity contribution >= 4 is 0 Å². The molecule has 0 aromatic carbocycles. The first-order valence-corrected chi connectivity index (χ1v) is 5.45. The number of hydrogen-bond acceptors (Lipinski definition) is 0. The third-order valence-electron chi connectivity index (χ3n) is 4.60. The molecular formula is C11H18. The molecule has 0 radical (unpaired) electrons. The van der Waals surface area contributed by atoms with Gasteiger partial charge in [-0.25, -0.2) is 0 Å². The van der Waals surface area contributed by atoms with Crippen molar-refractivity contribution in [2.24, 2.45) is 23.7 Å². The second kappa shape index (κ2) is 2.24. The maximum atomic E-state index is 1.62. The highest BCUT2D eigenvalue weighted by Crippen LogP contribution is 2.57. The molecule has 0 heteroatoms. The van der Waals surface area contributed by atoms with Crippen LogP contribution in [0.1, 0.15) is 44.9 Å². The number of hydrogen-bond donors (Lipinski definition) is 0. The third kappa shape index (κ3) is 0.816. The summed E-state index contributed by atoms with van der Waals surface area (Å²) in [4.78, 5) is 0. The van der Waals surface area contributed by atoms with E-state index in [0.29, 0.717) is 0 Å². The van der Waals surface area contributed by atoms with Crippen molar-refractivity contribution in [3.63, 3.8) is 0 Å². The highest BCUT2D eigenvalue weighted by Gasteiger charge is 2.47. The highest BCUT2D eigenvalue weighted by molar-refractivity contribution is 4.97. The normalized spacial score (nSPS) is 49.6. The van der Waals surface area contributed by atoms with Gasteiger partial charge in [0.1, 0.15) is 0 Å². The zero-order valence-corrected chi connectivity index (χ0v) is 7.26. The standard InChI is InChI=1S/C11H18/c1-3-8(4-1)11-7-9-5-2-6-10(9)11/h8-11H,1-7H2/t9?,10?,11-/m0/s1. The summed E-state index contributed by atoms with van der Waals surface area (Å²) in [7, 11) is 0. The molecule has 0 heterocycles. The minimum absolute atomic E-state index is 1.19. The lowest BCUT2D eigenvalue weighted by molar-refractivity contribution is 0.0132. The fraction of sp³-hybridized carbons (Fsp3) is 1.00. The van der Waals surface area contributed by atoms with Crippen LogP contribution in [0.15, 0.2) is 0 Å². The van der Waals surface area contributed by atoms with E-state index in [1.54, 1.807) is 44.9 Å². The van der Waals surface area contributed by atoms with Crippen LogP contribution in [0, 0.1) is 23.7 Å². The fourth-order valence-electron chi connectivity index (χ4n) is 3.66. The van der Waals surface area contributed by atoms with E-state index >= 15 is 0 Å². The molecule has 62 valence electrons. The summed E-state index contributed by atoms with van der Waals surface area (Å²) in [6.45, 7) is 0. The average molecular weight is 150 g/mol. The zero-order chi connectivity index (χ0) is 7.26. The minimum Gasteiger partial charge on any atom is -0.0528 e. The number of rotatable bonds is 1. The predicted molar refractivity (Wildman–Crippen MR) is 46.3 cm³/mol. The Morgan fingerprint density at radius 1 is 0.636 bits per heavy atom. The first kappa shape index (κ1) is 6.51. The van der Waals surface area contributed by atoms with Crippen molar-refractivity contribution in [1.29, 1.82) is 0 Å². The minimum atomic E-state index is 1.19. The molecule has 2 unspecified atom stereocenters. The van der Waals surface area contributed by atoms with E-state index in [4.69, 9.17) is 0 Å².